The van der Waals surface area contributed by atoms with Crippen molar-refractivity contribution in [2.75, 3.05) is 18.8 Å². The zero-order valence-corrected chi connectivity index (χ0v) is 9.72. The lowest BCUT2D eigenvalue weighted by molar-refractivity contribution is 0.704. The molecule has 1 aromatic rings. The van der Waals surface area contributed by atoms with Crippen LogP contribution in [0.1, 0.15) is 16.4 Å². The van der Waals surface area contributed by atoms with Crippen molar-refractivity contribution in [1.29, 1.82) is 0 Å². The fraction of sp³-hybridized carbons (Fsp3) is 0.385. The minimum absolute atomic E-state index is 0.585. The SMILES string of the molecule is C=CCSC1CNCCc2ccccc21. The Kier molecular flexibility index (Phi) is 3.87. The molecule has 1 aliphatic rings. The van der Waals surface area contributed by atoms with E-state index in [2.05, 4.69) is 36.2 Å². The van der Waals surface area contributed by atoms with Crippen LogP contribution in [0.15, 0.2) is 36.9 Å². The third-order valence-corrected chi connectivity index (χ3v) is 3.97. The summed E-state index contributed by atoms with van der Waals surface area (Å²) in [6.07, 6.45) is 3.14. The van der Waals surface area contributed by atoms with Gasteiger partial charge < -0.3 is 5.32 Å². The van der Waals surface area contributed by atoms with Crippen LogP contribution in [0.5, 0.6) is 0 Å². The molecule has 0 radical (unpaired) electrons. The number of benzene rings is 1. The number of thioether (sulfide) groups is 1. The first-order valence-corrected chi connectivity index (χ1v) is 6.47. The highest BCUT2D eigenvalue weighted by atomic mass is 32.2. The van der Waals surface area contributed by atoms with Gasteiger partial charge in [-0.15, -0.1) is 18.3 Å². The second kappa shape index (κ2) is 5.38. The van der Waals surface area contributed by atoms with Gasteiger partial charge in [0.25, 0.3) is 0 Å². The molecule has 1 aliphatic heterocycles. The normalized spacial score (nSPS) is 20.4. The predicted octanol–water partition coefficient (Wildman–Crippen LogP) is 2.79. The quantitative estimate of drug-likeness (QED) is 0.785. The average molecular weight is 219 g/mol. The van der Waals surface area contributed by atoms with Gasteiger partial charge in [0.05, 0.1) is 0 Å². The smallest absolute Gasteiger partial charge is 0.0427 e. The first-order valence-electron chi connectivity index (χ1n) is 5.43. The van der Waals surface area contributed by atoms with Crippen molar-refractivity contribution in [2.45, 2.75) is 11.7 Å². The Balaban J connectivity index is 2.20. The molecule has 0 fully saturated rings. The van der Waals surface area contributed by atoms with Crippen molar-refractivity contribution in [3.63, 3.8) is 0 Å². The molecule has 0 saturated heterocycles. The van der Waals surface area contributed by atoms with Crippen LogP contribution in [0, 0.1) is 0 Å². The van der Waals surface area contributed by atoms with Crippen LogP contribution in [0.3, 0.4) is 0 Å². The first-order chi connectivity index (χ1) is 7.42. The zero-order chi connectivity index (χ0) is 10.5. The summed E-state index contributed by atoms with van der Waals surface area (Å²) in [6, 6.07) is 8.80. The Morgan fingerprint density at radius 3 is 3.20 bits per heavy atom. The van der Waals surface area contributed by atoms with Gasteiger partial charge in [-0.25, -0.2) is 0 Å². The number of fused-ring (bicyclic) bond motifs is 1. The van der Waals surface area contributed by atoms with E-state index >= 15 is 0 Å². The Morgan fingerprint density at radius 1 is 1.47 bits per heavy atom. The van der Waals surface area contributed by atoms with Gasteiger partial charge in [-0.1, -0.05) is 30.3 Å². The average Bonchev–Trinajstić information content (AvgIpc) is 2.49. The van der Waals surface area contributed by atoms with Gasteiger partial charge in [0, 0.05) is 17.5 Å². The van der Waals surface area contributed by atoms with Gasteiger partial charge in [-0.2, -0.15) is 0 Å². The molecule has 2 heteroatoms. The molecular formula is C13H17NS. The first kappa shape index (κ1) is 10.8. The largest absolute Gasteiger partial charge is 0.315 e. The van der Waals surface area contributed by atoms with Crippen LogP contribution in [-0.2, 0) is 6.42 Å². The summed E-state index contributed by atoms with van der Waals surface area (Å²) in [5, 5.41) is 4.08. The summed E-state index contributed by atoms with van der Waals surface area (Å²) < 4.78 is 0. The van der Waals surface area contributed by atoms with E-state index in [1.54, 1.807) is 0 Å². The predicted molar refractivity (Wildman–Crippen MR) is 68.4 cm³/mol. The van der Waals surface area contributed by atoms with Gasteiger partial charge in [0.1, 0.15) is 0 Å². The maximum atomic E-state index is 3.78. The molecule has 1 aromatic carbocycles. The van der Waals surface area contributed by atoms with Gasteiger partial charge in [0.2, 0.25) is 0 Å². The van der Waals surface area contributed by atoms with Crippen molar-refractivity contribution < 1.29 is 0 Å². The topological polar surface area (TPSA) is 12.0 Å². The zero-order valence-electron chi connectivity index (χ0n) is 8.91. The summed E-state index contributed by atoms with van der Waals surface area (Å²) in [6.45, 7) is 5.96. The van der Waals surface area contributed by atoms with Crippen LogP contribution >= 0.6 is 11.8 Å². The number of hydrogen-bond acceptors (Lipinski definition) is 2. The molecule has 0 bridgehead atoms. The van der Waals surface area contributed by atoms with Gasteiger partial charge in [-0.3, -0.25) is 0 Å². The Bertz CT molecular complexity index is 335. The maximum Gasteiger partial charge on any atom is 0.0427 e. The van der Waals surface area contributed by atoms with Gasteiger partial charge in [0.15, 0.2) is 0 Å². The molecular weight excluding hydrogens is 202 g/mol. The van der Waals surface area contributed by atoms with Crippen LogP contribution in [0.4, 0.5) is 0 Å². The third kappa shape index (κ3) is 2.64. The molecule has 1 unspecified atom stereocenters. The van der Waals surface area contributed by atoms with E-state index < -0.39 is 0 Å². The lowest BCUT2D eigenvalue weighted by atomic mass is 10.0. The lowest BCUT2D eigenvalue weighted by Gasteiger charge is -2.16. The van der Waals surface area contributed by atoms with E-state index in [0.29, 0.717) is 5.25 Å². The maximum absolute atomic E-state index is 3.78. The molecule has 2 rings (SSSR count). The minimum atomic E-state index is 0.585. The highest BCUT2D eigenvalue weighted by Crippen LogP contribution is 2.32. The molecule has 1 nitrogen and oxygen atoms in total. The van der Waals surface area contributed by atoms with Crippen LogP contribution in [-0.4, -0.2) is 18.8 Å². The monoisotopic (exact) mass is 219 g/mol. The molecule has 80 valence electrons. The Labute approximate surface area is 96.0 Å². The van der Waals surface area contributed by atoms with E-state index in [1.807, 2.05) is 17.8 Å². The summed E-state index contributed by atoms with van der Waals surface area (Å²) in [5.41, 5.74) is 3.01. The van der Waals surface area contributed by atoms with Gasteiger partial charge in [-0.05, 0) is 24.1 Å². The summed E-state index contributed by atoms with van der Waals surface area (Å²) >= 11 is 1.97. The molecule has 0 amide bonds. The molecule has 0 saturated carbocycles. The fourth-order valence-corrected chi connectivity index (χ4v) is 2.99. The highest BCUT2D eigenvalue weighted by molar-refractivity contribution is 7.99. The number of rotatable bonds is 3. The van der Waals surface area contributed by atoms with E-state index in [1.165, 1.54) is 11.1 Å². The summed E-state index contributed by atoms with van der Waals surface area (Å²) in [4.78, 5) is 0. The summed E-state index contributed by atoms with van der Waals surface area (Å²) in [5.74, 6) is 1.03. The summed E-state index contributed by atoms with van der Waals surface area (Å²) in [7, 11) is 0. The molecule has 0 aliphatic carbocycles. The highest BCUT2D eigenvalue weighted by Gasteiger charge is 2.17. The van der Waals surface area contributed by atoms with Crippen LogP contribution < -0.4 is 5.32 Å². The van der Waals surface area contributed by atoms with Crippen molar-refractivity contribution in [1.82, 2.24) is 5.32 Å². The number of hydrogen-bond donors (Lipinski definition) is 1. The third-order valence-electron chi connectivity index (χ3n) is 2.72. The second-order valence-electron chi connectivity index (χ2n) is 3.76. The molecule has 1 atom stereocenters. The van der Waals surface area contributed by atoms with E-state index in [9.17, 15) is 0 Å². The van der Waals surface area contributed by atoms with Crippen molar-refractivity contribution in [3.05, 3.63) is 48.0 Å². The standard InChI is InChI=1S/C13H17NS/c1-2-9-15-13-10-14-8-7-11-5-3-4-6-12(11)13/h2-6,13-14H,1,7-10H2. The molecule has 0 aromatic heterocycles. The van der Waals surface area contributed by atoms with Crippen LogP contribution in [0.2, 0.25) is 0 Å². The Hall–Kier alpha value is -0.730. The number of nitrogens with one attached hydrogen (secondary N) is 1. The van der Waals surface area contributed by atoms with Gasteiger partial charge >= 0.3 is 0 Å². The lowest BCUT2D eigenvalue weighted by Crippen LogP contribution is -2.18. The minimum Gasteiger partial charge on any atom is -0.315 e. The van der Waals surface area contributed by atoms with E-state index in [4.69, 9.17) is 0 Å². The Morgan fingerprint density at radius 2 is 2.33 bits per heavy atom. The molecule has 1 N–H and O–H groups in total. The second-order valence-corrected chi connectivity index (χ2v) is 5.00. The molecule has 0 spiro atoms. The van der Waals surface area contributed by atoms with E-state index in [-0.39, 0.29) is 0 Å². The van der Waals surface area contributed by atoms with Crippen molar-refractivity contribution >= 4 is 11.8 Å². The fourth-order valence-electron chi connectivity index (χ4n) is 1.98. The van der Waals surface area contributed by atoms with E-state index in [0.717, 1.165) is 25.3 Å². The molecule has 15 heavy (non-hydrogen) atoms. The van der Waals surface area contributed by atoms with Crippen LogP contribution in [0.25, 0.3) is 0 Å². The molecule has 1 heterocycles. The van der Waals surface area contributed by atoms with Crippen molar-refractivity contribution in [3.8, 4) is 0 Å². The van der Waals surface area contributed by atoms with Crippen molar-refractivity contribution in [2.24, 2.45) is 0 Å².